The predicted molar refractivity (Wildman–Crippen MR) is 114 cm³/mol. The first kappa shape index (κ1) is 19.9. The molecule has 3 atom stereocenters. The van der Waals surface area contributed by atoms with Crippen LogP contribution >= 0.6 is 15.9 Å². The van der Waals surface area contributed by atoms with Gasteiger partial charge in [-0.1, -0.05) is 47.5 Å². The highest BCUT2D eigenvalue weighted by atomic mass is 79.9. The van der Waals surface area contributed by atoms with Crippen molar-refractivity contribution in [3.8, 4) is 0 Å². The third-order valence-corrected chi connectivity index (χ3v) is 8.17. The summed E-state index contributed by atoms with van der Waals surface area (Å²) in [6, 6.07) is 8.90. The zero-order valence-electron chi connectivity index (χ0n) is 15.8. The molecule has 3 rings (SSSR count). The lowest BCUT2D eigenvalue weighted by atomic mass is 9.95. The zero-order valence-corrected chi connectivity index (χ0v) is 18.2. The van der Waals surface area contributed by atoms with E-state index in [-0.39, 0.29) is 5.41 Å². The van der Waals surface area contributed by atoms with E-state index in [9.17, 15) is 4.21 Å². The average Bonchev–Trinajstić information content (AvgIpc) is 3.46. The van der Waals surface area contributed by atoms with E-state index in [1.165, 1.54) is 22.9 Å². The van der Waals surface area contributed by atoms with Gasteiger partial charge < -0.3 is 10.6 Å². The lowest BCUT2D eigenvalue weighted by Crippen LogP contribution is -2.48. The Morgan fingerprint density at radius 2 is 2.12 bits per heavy atom. The molecule has 2 aliphatic rings. The van der Waals surface area contributed by atoms with Gasteiger partial charge in [-0.3, -0.25) is 9.20 Å². The number of nitrogens with zero attached hydrogens (tertiary/aromatic N) is 1. The van der Waals surface area contributed by atoms with Crippen LogP contribution in [0.1, 0.15) is 51.0 Å². The molecule has 0 aromatic heterocycles. The van der Waals surface area contributed by atoms with Gasteiger partial charge in [-0.05, 0) is 43.7 Å². The van der Waals surface area contributed by atoms with Crippen LogP contribution in [0.4, 0.5) is 0 Å². The minimum absolute atomic E-state index is 0.219. The first-order valence-electron chi connectivity index (χ1n) is 9.67. The van der Waals surface area contributed by atoms with Crippen molar-refractivity contribution in [2.24, 2.45) is 4.99 Å². The standard InChI is InChI=1S/C20H30BrN3OS/c1-3-26(25)16-8-6-7-15(13-16)24-19(22-2)23-14-20(11-12-20)17-9-4-5-10-18(17)21/h4-5,9-10,15-16H,3,6-8,11-14H2,1-2H3,(H2,22,23,24). The summed E-state index contributed by atoms with van der Waals surface area (Å²) < 4.78 is 13.3. The van der Waals surface area contributed by atoms with Gasteiger partial charge in [-0.25, -0.2) is 0 Å². The van der Waals surface area contributed by atoms with Crippen molar-refractivity contribution in [1.82, 2.24) is 10.6 Å². The van der Waals surface area contributed by atoms with Crippen molar-refractivity contribution < 1.29 is 4.21 Å². The molecule has 4 nitrogen and oxygen atoms in total. The smallest absolute Gasteiger partial charge is 0.191 e. The third-order valence-electron chi connectivity index (χ3n) is 5.74. The number of hydrogen-bond donors (Lipinski definition) is 2. The second kappa shape index (κ2) is 8.87. The van der Waals surface area contributed by atoms with Crippen LogP contribution in [0.2, 0.25) is 0 Å². The topological polar surface area (TPSA) is 53.5 Å². The van der Waals surface area contributed by atoms with E-state index < -0.39 is 10.8 Å². The molecule has 0 heterocycles. The number of benzene rings is 1. The van der Waals surface area contributed by atoms with Gasteiger partial charge in [0.1, 0.15) is 0 Å². The van der Waals surface area contributed by atoms with E-state index in [2.05, 4.69) is 55.8 Å². The number of hydrogen-bond acceptors (Lipinski definition) is 2. The van der Waals surface area contributed by atoms with Crippen LogP contribution in [0.25, 0.3) is 0 Å². The largest absolute Gasteiger partial charge is 0.356 e. The molecule has 2 N–H and O–H groups in total. The Morgan fingerprint density at radius 3 is 2.77 bits per heavy atom. The summed E-state index contributed by atoms with van der Waals surface area (Å²) in [7, 11) is 1.14. The monoisotopic (exact) mass is 439 g/mol. The Labute approximate surface area is 168 Å². The van der Waals surface area contributed by atoms with Crippen LogP contribution in [0.3, 0.4) is 0 Å². The van der Waals surface area contributed by atoms with Crippen LogP contribution in [0.5, 0.6) is 0 Å². The molecule has 2 fully saturated rings. The van der Waals surface area contributed by atoms with Crippen molar-refractivity contribution in [2.75, 3.05) is 19.3 Å². The fourth-order valence-electron chi connectivity index (χ4n) is 3.97. The van der Waals surface area contributed by atoms with Crippen molar-refractivity contribution in [3.63, 3.8) is 0 Å². The van der Waals surface area contributed by atoms with Crippen molar-refractivity contribution >= 4 is 32.7 Å². The highest BCUT2D eigenvalue weighted by Gasteiger charge is 2.45. The lowest BCUT2D eigenvalue weighted by molar-refractivity contribution is 0.413. The summed E-state index contributed by atoms with van der Waals surface area (Å²) in [5, 5.41) is 7.45. The molecule has 26 heavy (non-hydrogen) atoms. The van der Waals surface area contributed by atoms with Gasteiger partial charge in [-0.2, -0.15) is 0 Å². The van der Waals surface area contributed by atoms with Gasteiger partial charge in [-0.15, -0.1) is 0 Å². The molecule has 0 saturated heterocycles. The number of guanidine groups is 1. The number of nitrogens with one attached hydrogen (secondary N) is 2. The van der Waals surface area contributed by atoms with Gasteiger partial charge >= 0.3 is 0 Å². The lowest BCUT2D eigenvalue weighted by Gasteiger charge is -2.30. The highest BCUT2D eigenvalue weighted by molar-refractivity contribution is 9.10. The molecule has 0 spiro atoms. The van der Waals surface area contributed by atoms with Crippen LogP contribution in [0.15, 0.2) is 33.7 Å². The molecular weight excluding hydrogens is 410 g/mol. The normalized spacial score (nSPS) is 26.2. The van der Waals surface area contributed by atoms with Gasteiger partial charge in [0.25, 0.3) is 0 Å². The van der Waals surface area contributed by atoms with E-state index in [0.29, 0.717) is 11.3 Å². The molecule has 0 amide bonds. The maximum absolute atomic E-state index is 12.2. The second-order valence-corrected chi connectivity index (χ2v) is 10.3. The van der Waals surface area contributed by atoms with Crippen LogP contribution in [-0.2, 0) is 16.2 Å². The molecular formula is C20H30BrN3OS. The van der Waals surface area contributed by atoms with E-state index in [1.54, 1.807) is 0 Å². The second-order valence-electron chi connectivity index (χ2n) is 7.49. The van der Waals surface area contributed by atoms with Crippen LogP contribution in [-0.4, -0.2) is 40.8 Å². The van der Waals surface area contributed by atoms with Gasteiger partial charge in [0, 0.05) is 51.3 Å². The first-order chi connectivity index (χ1) is 12.6. The fraction of sp³-hybridized carbons (Fsp3) is 0.650. The molecule has 1 aromatic rings. The zero-order chi connectivity index (χ0) is 18.6. The first-order valence-corrected chi connectivity index (χ1v) is 11.8. The van der Waals surface area contributed by atoms with Gasteiger partial charge in [0.15, 0.2) is 5.96 Å². The summed E-state index contributed by atoms with van der Waals surface area (Å²) in [5.74, 6) is 1.63. The Kier molecular flexibility index (Phi) is 6.78. The molecule has 144 valence electrons. The number of aliphatic imine (C=N–C) groups is 1. The predicted octanol–water partition coefficient (Wildman–Crippen LogP) is 3.73. The Balaban J connectivity index is 1.56. The van der Waals surface area contributed by atoms with Gasteiger partial charge in [0.2, 0.25) is 0 Å². The van der Waals surface area contributed by atoms with E-state index in [1.807, 2.05) is 14.0 Å². The SMILES string of the molecule is CCS(=O)C1CCCC(NC(=NC)NCC2(c3ccccc3Br)CC2)C1. The van der Waals surface area contributed by atoms with Gasteiger partial charge in [0.05, 0.1) is 0 Å². The summed E-state index contributed by atoms with van der Waals surface area (Å²) >= 11 is 3.70. The van der Waals surface area contributed by atoms with E-state index in [0.717, 1.165) is 43.9 Å². The summed E-state index contributed by atoms with van der Waals surface area (Å²) in [5.41, 5.74) is 1.61. The molecule has 0 bridgehead atoms. The van der Waals surface area contributed by atoms with Crippen molar-refractivity contribution in [2.45, 2.75) is 62.2 Å². The molecule has 3 unspecified atom stereocenters. The Hall–Kier alpha value is -0.880. The molecule has 0 aliphatic heterocycles. The third kappa shape index (κ3) is 4.69. The summed E-state index contributed by atoms with van der Waals surface area (Å²) in [6.07, 6.45) is 6.77. The maximum Gasteiger partial charge on any atom is 0.191 e. The van der Waals surface area contributed by atoms with Crippen LogP contribution < -0.4 is 10.6 Å². The number of halogens is 1. The minimum atomic E-state index is -0.692. The molecule has 1 aromatic carbocycles. The average molecular weight is 440 g/mol. The fourth-order valence-corrected chi connectivity index (χ4v) is 6.03. The molecule has 0 radical (unpaired) electrons. The highest BCUT2D eigenvalue weighted by Crippen LogP contribution is 2.49. The Morgan fingerprint density at radius 1 is 1.35 bits per heavy atom. The van der Waals surface area contributed by atoms with Crippen LogP contribution in [0, 0.1) is 0 Å². The quantitative estimate of drug-likeness (QED) is 0.524. The molecule has 2 saturated carbocycles. The Bertz CT molecular complexity index is 675. The minimum Gasteiger partial charge on any atom is -0.356 e. The van der Waals surface area contributed by atoms with Crippen molar-refractivity contribution in [3.05, 3.63) is 34.3 Å². The van der Waals surface area contributed by atoms with E-state index >= 15 is 0 Å². The molecule has 2 aliphatic carbocycles. The summed E-state index contributed by atoms with van der Waals surface area (Å²) in [4.78, 5) is 4.43. The summed E-state index contributed by atoms with van der Waals surface area (Å²) in [6.45, 7) is 2.91. The van der Waals surface area contributed by atoms with E-state index in [4.69, 9.17) is 0 Å². The maximum atomic E-state index is 12.2. The molecule has 6 heteroatoms. The van der Waals surface area contributed by atoms with Crippen molar-refractivity contribution in [1.29, 1.82) is 0 Å². The number of rotatable bonds is 6.